The van der Waals surface area contributed by atoms with Crippen LogP contribution in [0, 0.1) is 0 Å². The summed E-state index contributed by atoms with van der Waals surface area (Å²) in [4.78, 5) is 18.4. The van der Waals surface area contributed by atoms with Crippen LogP contribution >= 0.6 is 0 Å². The van der Waals surface area contributed by atoms with E-state index in [-0.39, 0.29) is 11.9 Å². The zero-order valence-electron chi connectivity index (χ0n) is 13.6. The number of anilines is 1. The largest absolute Gasteiger partial charge is 0.378 e. The fraction of sp³-hybridized carbons (Fsp3) is 0.278. The maximum absolute atomic E-state index is 12.5. The number of nitrogens with zero attached hydrogens (tertiary/aromatic N) is 4. The van der Waals surface area contributed by atoms with E-state index in [0.717, 1.165) is 17.9 Å². The van der Waals surface area contributed by atoms with Gasteiger partial charge in [-0.1, -0.05) is 30.3 Å². The molecule has 1 aliphatic rings. The second-order valence-corrected chi connectivity index (χ2v) is 6.18. The molecule has 1 saturated heterocycles. The molecule has 7 nitrogen and oxygen atoms in total. The molecule has 3 aromatic rings. The average molecular weight is 337 g/mol. The van der Waals surface area contributed by atoms with Gasteiger partial charge in [0, 0.05) is 31.5 Å². The molecule has 128 valence electrons. The van der Waals surface area contributed by atoms with Crippen molar-refractivity contribution < 1.29 is 9.90 Å². The summed E-state index contributed by atoms with van der Waals surface area (Å²) in [6.07, 6.45) is 3.20. The molecule has 7 heteroatoms. The van der Waals surface area contributed by atoms with E-state index in [9.17, 15) is 9.90 Å². The molecule has 2 atom stereocenters. The number of fused-ring (bicyclic) bond motifs is 1. The summed E-state index contributed by atoms with van der Waals surface area (Å²) in [5.41, 5.74) is 1.41. The number of aliphatic hydroxyl groups is 1. The first-order valence-electron chi connectivity index (χ1n) is 8.29. The van der Waals surface area contributed by atoms with Crippen molar-refractivity contribution in [3.63, 3.8) is 0 Å². The van der Waals surface area contributed by atoms with Gasteiger partial charge in [-0.2, -0.15) is 0 Å². The van der Waals surface area contributed by atoms with E-state index >= 15 is 0 Å². The minimum absolute atomic E-state index is 0.111. The minimum atomic E-state index is -1.11. The molecule has 1 aromatic carbocycles. The zero-order chi connectivity index (χ0) is 17.2. The van der Waals surface area contributed by atoms with Crippen LogP contribution in [0.4, 0.5) is 5.82 Å². The van der Waals surface area contributed by atoms with Gasteiger partial charge in [0.05, 0.1) is 0 Å². The van der Waals surface area contributed by atoms with Crippen molar-refractivity contribution in [1.82, 2.24) is 19.5 Å². The molecule has 25 heavy (non-hydrogen) atoms. The number of hydrogen-bond donors (Lipinski definition) is 2. The maximum atomic E-state index is 12.5. The maximum Gasteiger partial charge on any atom is 0.256 e. The number of carbonyl (C=O) groups excluding carboxylic acids is 1. The molecule has 0 aliphatic carbocycles. The van der Waals surface area contributed by atoms with Crippen molar-refractivity contribution in [2.45, 2.75) is 18.6 Å². The lowest BCUT2D eigenvalue weighted by atomic mass is 10.1. The van der Waals surface area contributed by atoms with Gasteiger partial charge in [0.25, 0.3) is 5.91 Å². The third kappa shape index (κ3) is 3.18. The Kier molecular flexibility index (Phi) is 4.07. The number of hydrogen-bond acceptors (Lipinski definition) is 5. The van der Waals surface area contributed by atoms with Crippen LogP contribution in [0.1, 0.15) is 18.1 Å². The zero-order valence-corrected chi connectivity index (χ0v) is 13.6. The summed E-state index contributed by atoms with van der Waals surface area (Å²) in [5.74, 6) is 0.488. The lowest BCUT2D eigenvalue weighted by molar-refractivity contribution is -0.139. The van der Waals surface area contributed by atoms with Gasteiger partial charge in [-0.3, -0.25) is 4.79 Å². The number of aromatic nitrogens is 3. The van der Waals surface area contributed by atoms with Crippen molar-refractivity contribution in [3.05, 3.63) is 60.4 Å². The average Bonchev–Trinajstić information content (AvgIpc) is 3.30. The summed E-state index contributed by atoms with van der Waals surface area (Å²) in [5, 5.41) is 18.1. The molecule has 0 bridgehead atoms. The molecule has 0 spiro atoms. The number of nitrogens with one attached hydrogen (secondary N) is 1. The van der Waals surface area contributed by atoms with Gasteiger partial charge in [0.2, 0.25) is 0 Å². The second kappa shape index (κ2) is 6.52. The Labute approximate surface area is 144 Å². The van der Waals surface area contributed by atoms with E-state index in [1.54, 1.807) is 33.9 Å². The molecule has 1 amide bonds. The molecule has 1 fully saturated rings. The quantitative estimate of drug-likeness (QED) is 0.753. The van der Waals surface area contributed by atoms with Crippen LogP contribution in [-0.2, 0) is 4.79 Å². The number of likely N-dealkylation sites (tertiary alicyclic amines) is 1. The van der Waals surface area contributed by atoms with Crippen molar-refractivity contribution in [3.8, 4) is 0 Å². The molecule has 2 aromatic heterocycles. The molecule has 3 heterocycles. The van der Waals surface area contributed by atoms with Gasteiger partial charge in [-0.25, -0.2) is 9.50 Å². The third-order valence-electron chi connectivity index (χ3n) is 4.46. The number of aliphatic hydroxyl groups excluding tert-OH is 1. The van der Waals surface area contributed by atoms with Crippen LogP contribution in [-0.4, -0.2) is 49.6 Å². The molecule has 0 radical (unpaired) electrons. The first-order valence-corrected chi connectivity index (χ1v) is 8.29. The van der Waals surface area contributed by atoms with E-state index < -0.39 is 6.10 Å². The Morgan fingerprint density at radius 2 is 2.08 bits per heavy atom. The van der Waals surface area contributed by atoms with Gasteiger partial charge >= 0.3 is 0 Å². The van der Waals surface area contributed by atoms with Crippen LogP contribution in [0.25, 0.3) is 5.65 Å². The molecule has 1 aliphatic heterocycles. The molecule has 4 rings (SSSR count). The minimum Gasteiger partial charge on any atom is -0.378 e. The van der Waals surface area contributed by atoms with Crippen molar-refractivity contribution in [2.75, 3.05) is 18.4 Å². The van der Waals surface area contributed by atoms with Crippen LogP contribution in [0.15, 0.2) is 54.9 Å². The number of carbonyl (C=O) groups is 1. The first kappa shape index (κ1) is 15.6. The van der Waals surface area contributed by atoms with Crippen LogP contribution in [0.3, 0.4) is 0 Å². The summed E-state index contributed by atoms with van der Waals surface area (Å²) < 4.78 is 1.71. The normalized spacial score (nSPS) is 18.4. The summed E-state index contributed by atoms with van der Waals surface area (Å²) in [6.45, 7) is 1.17. The Balaban J connectivity index is 1.39. The fourth-order valence-electron chi connectivity index (χ4n) is 3.13. The van der Waals surface area contributed by atoms with Crippen molar-refractivity contribution in [2.24, 2.45) is 0 Å². The van der Waals surface area contributed by atoms with E-state index in [2.05, 4.69) is 15.4 Å². The van der Waals surface area contributed by atoms with E-state index in [0.29, 0.717) is 18.7 Å². The highest BCUT2D eigenvalue weighted by Gasteiger charge is 2.30. The topological polar surface area (TPSA) is 82.8 Å². The Morgan fingerprint density at radius 1 is 1.24 bits per heavy atom. The Hall–Kier alpha value is -2.93. The lowest BCUT2D eigenvalue weighted by Crippen LogP contribution is -2.35. The van der Waals surface area contributed by atoms with Gasteiger partial charge in [-0.05, 0) is 24.1 Å². The third-order valence-corrected chi connectivity index (χ3v) is 4.46. The van der Waals surface area contributed by atoms with Gasteiger partial charge in [0.15, 0.2) is 11.8 Å². The SMILES string of the molecule is O=C(C(O)c1ccccc1)N1CCC(Nc2ccc3nccn3n2)C1. The molecular weight excluding hydrogens is 318 g/mol. The standard InChI is InChI=1S/C18H19N5O2/c24-17(13-4-2-1-3-5-13)18(25)22-10-8-14(12-22)20-15-6-7-16-19-9-11-23(16)21-15/h1-7,9,11,14,17,24H,8,10,12H2,(H,20,21). The lowest BCUT2D eigenvalue weighted by Gasteiger charge is -2.20. The van der Waals surface area contributed by atoms with Crippen LogP contribution < -0.4 is 5.32 Å². The predicted molar refractivity (Wildman–Crippen MR) is 93.0 cm³/mol. The first-order chi connectivity index (χ1) is 12.2. The Morgan fingerprint density at radius 3 is 2.92 bits per heavy atom. The molecule has 2 N–H and O–H groups in total. The Bertz CT molecular complexity index is 879. The summed E-state index contributed by atoms with van der Waals surface area (Å²) in [6, 6.07) is 12.9. The van der Waals surface area contributed by atoms with Crippen molar-refractivity contribution >= 4 is 17.4 Å². The highest BCUT2D eigenvalue weighted by Crippen LogP contribution is 2.20. The fourth-order valence-corrected chi connectivity index (χ4v) is 3.13. The predicted octanol–water partition coefficient (Wildman–Crippen LogP) is 1.48. The number of rotatable bonds is 4. The van der Waals surface area contributed by atoms with Crippen molar-refractivity contribution in [1.29, 1.82) is 0 Å². The van der Waals surface area contributed by atoms with Crippen LogP contribution in [0.5, 0.6) is 0 Å². The summed E-state index contributed by atoms with van der Waals surface area (Å²) >= 11 is 0. The highest BCUT2D eigenvalue weighted by atomic mass is 16.3. The van der Waals surface area contributed by atoms with Gasteiger partial charge < -0.3 is 15.3 Å². The molecule has 2 unspecified atom stereocenters. The van der Waals surface area contributed by atoms with Gasteiger partial charge in [-0.15, -0.1) is 5.10 Å². The highest BCUT2D eigenvalue weighted by molar-refractivity contribution is 5.82. The van der Waals surface area contributed by atoms with E-state index in [1.807, 2.05) is 30.3 Å². The molecular formula is C18H19N5O2. The summed E-state index contributed by atoms with van der Waals surface area (Å²) in [7, 11) is 0. The molecule has 0 saturated carbocycles. The smallest absolute Gasteiger partial charge is 0.256 e. The monoisotopic (exact) mass is 337 g/mol. The van der Waals surface area contributed by atoms with E-state index in [1.165, 1.54) is 0 Å². The van der Waals surface area contributed by atoms with E-state index in [4.69, 9.17) is 0 Å². The second-order valence-electron chi connectivity index (χ2n) is 6.18. The number of benzene rings is 1. The van der Waals surface area contributed by atoms with Crippen LogP contribution in [0.2, 0.25) is 0 Å². The van der Waals surface area contributed by atoms with Gasteiger partial charge in [0.1, 0.15) is 5.82 Å². The number of imidazole rings is 1. The number of amides is 1.